The van der Waals surface area contributed by atoms with Gasteiger partial charge >= 0.3 is 5.97 Å². The van der Waals surface area contributed by atoms with E-state index in [0.29, 0.717) is 19.0 Å². The molecule has 0 aliphatic carbocycles. The molecule has 1 aromatic heterocycles. The zero-order valence-corrected chi connectivity index (χ0v) is 10.5. The van der Waals surface area contributed by atoms with Crippen LogP contribution >= 0.6 is 0 Å². The fraction of sp³-hybridized carbons (Fsp3) is 0.214. The quantitative estimate of drug-likeness (QED) is 0.866. The Bertz CT molecular complexity index is 545. The molecule has 1 heterocycles. The monoisotopic (exact) mass is 262 g/mol. The summed E-state index contributed by atoms with van der Waals surface area (Å²) >= 11 is 0. The van der Waals surface area contributed by atoms with Crippen molar-refractivity contribution in [2.75, 3.05) is 7.11 Å². The van der Waals surface area contributed by atoms with Gasteiger partial charge in [0.2, 0.25) is 0 Å². The van der Waals surface area contributed by atoms with Gasteiger partial charge in [0, 0.05) is 0 Å². The number of hydrogen-bond acceptors (Lipinski definition) is 4. The summed E-state index contributed by atoms with van der Waals surface area (Å²) in [5.41, 5.74) is 0.977. The second kappa shape index (κ2) is 6.06. The Kier molecular flexibility index (Phi) is 4.20. The SMILES string of the molecule is COc1cc(COCc2ccco2)ccc1C(=O)O. The molecule has 2 rings (SSSR count). The van der Waals surface area contributed by atoms with Gasteiger partial charge in [0.15, 0.2) is 0 Å². The molecule has 0 fully saturated rings. The van der Waals surface area contributed by atoms with Crippen molar-refractivity contribution in [2.24, 2.45) is 0 Å². The van der Waals surface area contributed by atoms with Crippen LogP contribution in [0.4, 0.5) is 0 Å². The summed E-state index contributed by atoms with van der Waals surface area (Å²) in [7, 11) is 1.44. The van der Waals surface area contributed by atoms with Crippen molar-refractivity contribution >= 4 is 5.97 Å². The molecular weight excluding hydrogens is 248 g/mol. The lowest BCUT2D eigenvalue weighted by atomic mass is 10.1. The first-order chi connectivity index (χ1) is 9.20. The standard InChI is InChI=1S/C14H14O5/c1-17-13-7-10(4-5-12(13)14(15)16)8-18-9-11-3-2-6-19-11/h2-7H,8-9H2,1H3,(H,15,16). The van der Waals surface area contributed by atoms with E-state index in [2.05, 4.69) is 0 Å². The maximum Gasteiger partial charge on any atom is 0.339 e. The van der Waals surface area contributed by atoms with E-state index in [1.807, 2.05) is 6.07 Å². The summed E-state index contributed by atoms with van der Waals surface area (Å²) in [5.74, 6) is 0.0561. The van der Waals surface area contributed by atoms with E-state index in [1.165, 1.54) is 13.2 Å². The van der Waals surface area contributed by atoms with Gasteiger partial charge < -0.3 is 19.0 Å². The Hall–Kier alpha value is -2.27. The maximum absolute atomic E-state index is 10.9. The van der Waals surface area contributed by atoms with Gasteiger partial charge in [-0.05, 0) is 29.8 Å². The van der Waals surface area contributed by atoms with Crippen molar-refractivity contribution in [3.8, 4) is 5.75 Å². The Labute approximate surface area is 110 Å². The Morgan fingerprint density at radius 3 is 2.79 bits per heavy atom. The van der Waals surface area contributed by atoms with Crippen molar-refractivity contribution in [3.05, 3.63) is 53.5 Å². The van der Waals surface area contributed by atoms with Crippen LogP contribution in [0.1, 0.15) is 21.7 Å². The molecule has 0 saturated heterocycles. The molecule has 0 bridgehead atoms. The lowest BCUT2D eigenvalue weighted by Gasteiger charge is -2.08. The first-order valence-electron chi connectivity index (χ1n) is 5.71. The summed E-state index contributed by atoms with van der Waals surface area (Å²) in [6, 6.07) is 8.49. The Morgan fingerprint density at radius 1 is 1.32 bits per heavy atom. The van der Waals surface area contributed by atoms with E-state index in [1.54, 1.807) is 24.5 Å². The number of hydrogen-bond donors (Lipinski definition) is 1. The van der Waals surface area contributed by atoms with Crippen LogP contribution < -0.4 is 4.74 Å². The number of aromatic carboxylic acids is 1. The molecule has 0 aliphatic rings. The molecule has 5 nitrogen and oxygen atoms in total. The van der Waals surface area contributed by atoms with E-state index in [-0.39, 0.29) is 5.56 Å². The number of furan rings is 1. The minimum Gasteiger partial charge on any atom is -0.496 e. The fourth-order valence-electron chi connectivity index (χ4n) is 1.67. The van der Waals surface area contributed by atoms with Crippen LogP contribution in [0.2, 0.25) is 0 Å². The van der Waals surface area contributed by atoms with Crippen LogP contribution in [0.15, 0.2) is 41.0 Å². The highest BCUT2D eigenvalue weighted by molar-refractivity contribution is 5.90. The van der Waals surface area contributed by atoms with E-state index < -0.39 is 5.97 Å². The predicted molar refractivity (Wildman–Crippen MR) is 67.2 cm³/mol. The number of benzene rings is 1. The van der Waals surface area contributed by atoms with Gasteiger partial charge in [-0.25, -0.2) is 4.79 Å². The second-order valence-corrected chi connectivity index (χ2v) is 3.91. The van der Waals surface area contributed by atoms with E-state index in [4.69, 9.17) is 19.0 Å². The zero-order chi connectivity index (χ0) is 13.7. The predicted octanol–water partition coefficient (Wildman–Crippen LogP) is 2.70. The molecule has 0 atom stereocenters. The first-order valence-corrected chi connectivity index (χ1v) is 5.71. The van der Waals surface area contributed by atoms with Gasteiger partial charge in [0.25, 0.3) is 0 Å². The van der Waals surface area contributed by atoms with Crippen molar-refractivity contribution in [1.82, 2.24) is 0 Å². The average Bonchev–Trinajstić information content (AvgIpc) is 2.91. The van der Waals surface area contributed by atoms with Gasteiger partial charge in [0.1, 0.15) is 23.7 Å². The van der Waals surface area contributed by atoms with Gasteiger partial charge in [-0.3, -0.25) is 0 Å². The van der Waals surface area contributed by atoms with Crippen molar-refractivity contribution < 1.29 is 23.8 Å². The normalized spacial score (nSPS) is 10.4. The molecule has 19 heavy (non-hydrogen) atoms. The summed E-state index contributed by atoms with van der Waals surface area (Å²) in [6.07, 6.45) is 1.59. The molecule has 0 radical (unpaired) electrons. The van der Waals surface area contributed by atoms with E-state index in [0.717, 1.165) is 11.3 Å². The number of carboxylic acid groups (broad SMARTS) is 1. The van der Waals surface area contributed by atoms with Gasteiger partial charge in [-0.1, -0.05) is 6.07 Å². The minimum atomic E-state index is -1.01. The van der Waals surface area contributed by atoms with Crippen LogP contribution in [-0.2, 0) is 18.0 Å². The first kappa shape index (κ1) is 13.2. The van der Waals surface area contributed by atoms with Crippen molar-refractivity contribution in [3.63, 3.8) is 0 Å². The van der Waals surface area contributed by atoms with Gasteiger partial charge in [-0.15, -0.1) is 0 Å². The zero-order valence-electron chi connectivity index (χ0n) is 10.5. The third-order valence-corrected chi connectivity index (χ3v) is 2.59. The highest BCUT2D eigenvalue weighted by Gasteiger charge is 2.11. The van der Waals surface area contributed by atoms with Crippen LogP contribution in [-0.4, -0.2) is 18.2 Å². The van der Waals surface area contributed by atoms with Crippen molar-refractivity contribution in [2.45, 2.75) is 13.2 Å². The van der Waals surface area contributed by atoms with E-state index >= 15 is 0 Å². The number of ether oxygens (including phenoxy) is 2. The van der Waals surface area contributed by atoms with Crippen LogP contribution in [0.5, 0.6) is 5.75 Å². The third-order valence-electron chi connectivity index (χ3n) is 2.59. The molecule has 1 aromatic carbocycles. The van der Waals surface area contributed by atoms with Crippen LogP contribution in [0, 0.1) is 0 Å². The number of rotatable bonds is 6. The molecule has 2 aromatic rings. The third kappa shape index (κ3) is 3.35. The smallest absolute Gasteiger partial charge is 0.339 e. The molecule has 0 unspecified atom stereocenters. The lowest BCUT2D eigenvalue weighted by Crippen LogP contribution is -2.02. The number of carbonyl (C=O) groups is 1. The molecular formula is C14H14O5. The average molecular weight is 262 g/mol. The molecule has 5 heteroatoms. The van der Waals surface area contributed by atoms with Crippen LogP contribution in [0.3, 0.4) is 0 Å². The second-order valence-electron chi connectivity index (χ2n) is 3.91. The topological polar surface area (TPSA) is 68.9 Å². The van der Waals surface area contributed by atoms with Gasteiger partial charge in [-0.2, -0.15) is 0 Å². The summed E-state index contributed by atoms with van der Waals surface area (Å²) in [5, 5.41) is 8.97. The highest BCUT2D eigenvalue weighted by Crippen LogP contribution is 2.21. The molecule has 0 spiro atoms. The summed E-state index contributed by atoms with van der Waals surface area (Å²) < 4.78 is 15.7. The molecule has 0 amide bonds. The Morgan fingerprint density at radius 2 is 2.16 bits per heavy atom. The van der Waals surface area contributed by atoms with Gasteiger partial charge in [0.05, 0.1) is 20.0 Å². The molecule has 0 aliphatic heterocycles. The van der Waals surface area contributed by atoms with Crippen molar-refractivity contribution in [1.29, 1.82) is 0 Å². The highest BCUT2D eigenvalue weighted by atomic mass is 16.5. The lowest BCUT2D eigenvalue weighted by molar-refractivity contribution is 0.0692. The number of methoxy groups -OCH3 is 1. The van der Waals surface area contributed by atoms with Crippen LogP contribution in [0.25, 0.3) is 0 Å². The summed E-state index contributed by atoms with van der Waals surface area (Å²) in [6.45, 7) is 0.729. The fourth-order valence-corrected chi connectivity index (χ4v) is 1.67. The molecule has 100 valence electrons. The molecule has 0 saturated carbocycles. The summed E-state index contributed by atoms with van der Waals surface area (Å²) in [4.78, 5) is 10.9. The maximum atomic E-state index is 10.9. The Balaban J connectivity index is 1.99. The minimum absolute atomic E-state index is 0.136. The number of carboxylic acids is 1. The van der Waals surface area contributed by atoms with E-state index in [9.17, 15) is 4.79 Å². The largest absolute Gasteiger partial charge is 0.496 e. The molecule has 1 N–H and O–H groups in total.